The van der Waals surface area contributed by atoms with Crippen LogP contribution in [0.5, 0.6) is 0 Å². The van der Waals surface area contributed by atoms with Crippen LogP contribution in [-0.2, 0) is 6.42 Å². The van der Waals surface area contributed by atoms with Gasteiger partial charge in [0.15, 0.2) is 7.28 Å². The first kappa shape index (κ1) is 12.0. The van der Waals surface area contributed by atoms with Crippen molar-refractivity contribution < 1.29 is 0 Å². The van der Waals surface area contributed by atoms with Crippen LogP contribution in [0, 0.1) is 0 Å². The highest BCUT2D eigenvalue weighted by molar-refractivity contribution is 6.67. The highest BCUT2D eigenvalue weighted by atomic mass is 14.0. The number of hydrogen-bond donors (Lipinski definition) is 0. The maximum absolute atomic E-state index is 2.27. The molecule has 0 atom stereocenters. The standard InChI is InChI=1S/C16H19B/c1-2-3-7-14-10-12-16(13-11-14)17-15-8-5-4-6-9-15/h4-6,8-13,17H,2-3,7H2,1H3. The maximum Gasteiger partial charge on any atom is 0.192 e. The Labute approximate surface area is 105 Å². The summed E-state index contributed by atoms with van der Waals surface area (Å²) in [5, 5.41) is 0. The lowest BCUT2D eigenvalue weighted by Gasteiger charge is -2.03. The SMILES string of the molecule is CCCCc1ccc(Bc2ccccc2)cc1. The van der Waals surface area contributed by atoms with Crippen molar-refractivity contribution in [2.24, 2.45) is 0 Å². The minimum Gasteiger partial charge on any atom is -0.0786 e. The molecule has 86 valence electrons. The molecule has 0 heterocycles. The third-order valence-corrected chi connectivity index (χ3v) is 3.09. The average molecular weight is 222 g/mol. The summed E-state index contributed by atoms with van der Waals surface area (Å²) in [5.74, 6) is 0. The van der Waals surface area contributed by atoms with Gasteiger partial charge in [0.25, 0.3) is 0 Å². The molecule has 2 rings (SSSR count). The van der Waals surface area contributed by atoms with Crippen LogP contribution in [0.4, 0.5) is 0 Å². The van der Waals surface area contributed by atoms with Gasteiger partial charge in [0, 0.05) is 0 Å². The first-order valence-electron chi connectivity index (χ1n) is 6.50. The van der Waals surface area contributed by atoms with E-state index in [1.807, 2.05) is 0 Å². The zero-order chi connectivity index (χ0) is 11.9. The van der Waals surface area contributed by atoms with Crippen LogP contribution in [0.3, 0.4) is 0 Å². The van der Waals surface area contributed by atoms with Gasteiger partial charge in [-0.1, -0.05) is 78.9 Å². The lowest BCUT2D eigenvalue weighted by atomic mass is 9.64. The van der Waals surface area contributed by atoms with Crippen LogP contribution in [0.25, 0.3) is 0 Å². The van der Waals surface area contributed by atoms with Crippen molar-refractivity contribution in [3.8, 4) is 0 Å². The Bertz CT molecular complexity index is 431. The molecule has 0 saturated heterocycles. The van der Waals surface area contributed by atoms with E-state index in [0.717, 1.165) is 7.28 Å². The summed E-state index contributed by atoms with van der Waals surface area (Å²) in [7, 11) is 1.04. The van der Waals surface area contributed by atoms with E-state index in [1.54, 1.807) is 0 Å². The Hall–Kier alpha value is -1.50. The molecule has 0 aliphatic carbocycles. The fourth-order valence-electron chi connectivity index (χ4n) is 2.04. The predicted molar refractivity (Wildman–Crippen MR) is 77.9 cm³/mol. The number of hydrogen-bond acceptors (Lipinski definition) is 0. The molecule has 1 heteroatoms. The van der Waals surface area contributed by atoms with E-state index in [1.165, 1.54) is 35.8 Å². The molecule has 0 N–H and O–H groups in total. The normalized spacial score (nSPS) is 10.2. The average Bonchev–Trinajstić information content (AvgIpc) is 2.39. The van der Waals surface area contributed by atoms with Gasteiger partial charge in [-0.3, -0.25) is 0 Å². The lowest BCUT2D eigenvalue weighted by Crippen LogP contribution is -2.26. The van der Waals surface area contributed by atoms with Crippen molar-refractivity contribution in [2.45, 2.75) is 26.2 Å². The van der Waals surface area contributed by atoms with Crippen LogP contribution in [0.2, 0.25) is 0 Å². The minimum absolute atomic E-state index is 1.04. The van der Waals surface area contributed by atoms with Crippen LogP contribution in [0.1, 0.15) is 25.3 Å². The van der Waals surface area contributed by atoms with Crippen molar-refractivity contribution in [3.05, 3.63) is 60.2 Å². The first-order valence-corrected chi connectivity index (χ1v) is 6.50. The second-order valence-electron chi connectivity index (χ2n) is 4.58. The Balaban J connectivity index is 1.98. The third-order valence-electron chi connectivity index (χ3n) is 3.09. The molecule has 0 saturated carbocycles. The molecule has 0 unspecified atom stereocenters. The van der Waals surface area contributed by atoms with Crippen molar-refractivity contribution >= 4 is 18.2 Å². The fourth-order valence-corrected chi connectivity index (χ4v) is 2.04. The molecule has 0 aliphatic rings. The number of benzene rings is 2. The Kier molecular flexibility index (Phi) is 4.43. The highest BCUT2D eigenvalue weighted by Gasteiger charge is 1.98. The number of unbranched alkanes of at least 4 members (excludes halogenated alkanes) is 1. The van der Waals surface area contributed by atoms with Crippen LogP contribution >= 0.6 is 0 Å². The quantitative estimate of drug-likeness (QED) is 0.681. The van der Waals surface area contributed by atoms with E-state index in [9.17, 15) is 0 Å². The first-order chi connectivity index (χ1) is 8.38. The molecule has 2 aromatic rings. The van der Waals surface area contributed by atoms with E-state index in [-0.39, 0.29) is 0 Å². The molecule has 0 aliphatic heterocycles. The molecule has 0 radical (unpaired) electrons. The summed E-state index contributed by atoms with van der Waals surface area (Å²) >= 11 is 0. The van der Waals surface area contributed by atoms with Gasteiger partial charge in [-0.25, -0.2) is 0 Å². The molecule has 0 bridgehead atoms. The van der Waals surface area contributed by atoms with Gasteiger partial charge in [-0.05, 0) is 18.4 Å². The maximum atomic E-state index is 2.27. The Morgan fingerprint density at radius 1 is 0.824 bits per heavy atom. The van der Waals surface area contributed by atoms with E-state index >= 15 is 0 Å². The number of aryl methyl sites for hydroxylation is 1. The fraction of sp³-hybridized carbons (Fsp3) is 0.250. The largest absolute Gasteiger partial charge is 0.192 e. The Morgan fingerprint density at radius 3 is 2.12 bits per heavy atom. The molecule has 0 fully saturated rings. The van der Waals surface area contributed by atoms with Crippen molar-refractivity contribution in [3.63, 3.8) is 0 Å². The molecule has 0 aromatic heterocycles. The molecule has 17 heavy (non-hydrogen) atoms. The lowest BCUT2D eigenvalue weighted by molar-refractivity contribution is 0.795. The van der Waals surface area contributed by atoms with E-state index in [4.69, 9.17) is 0 Å². The van der Waals surface area contributed by atoms with Gasteiger partial charge >= 0.3 is 0 Å². The van der Waals surface area contributed by atoms with Gasteiger partial charge in [0.1, 0.15) is 0 Å². The monoisotopic (exact) mass is 222 g/mol. The van der Waals surface area contributed by atoms with E-state index in [2.05, 4.69) is 61.5 Å². The molecular formula is C16H19B. The van der Waals surface area contributed by atoms with Crippen molar-refractivity contribution in [1.82, 2.24) is 0 Å². The van der Waals surface area contributed by atoms with Crippen molar-refractivity contribution in [2.75, 3.05) is 0 Å². The molecule has 0 amide bonds. The van der Waals surface area contributed by atoms with Gasteiger partial charge in [-0.15, -0.1) is 0 Å². The third kappa shape index (κ3) is 3.78. The molecule has 0 spiro atoms. The molecule has 2 aromatic carbocycles. The zero-order valence-electron chi connectivity index (χ0n) is 10.5. The summed E-state index contributed by atoms with van der Waals surface area (Å²) in [4.78, 5) is 0. The van der Waals surface area contributed by atoms with E-state index in [0.29, 0.717) is 0 Å². The second-order valence-corrected chi connectivity index (χ2v) is 4.58. The topological polar surface area (TPSA) is 0 Å². The summed E-state index contributed by atoms with van der Waals surface area (Å²) in [6, 6.07) is 19.7. The summed E-state index contributed by atoms with van der Waals surface area (Å²) < 4.78 is 0. The summed E-state index contributed by atoms with van der Waals surface area (Å²) in [6.07, 6.45) is 3.77. The van der Waals surface area contributed by atoms with Crippen molar-refractivity contribution in [1.29, 1.82) is 0 Å². The van der Waals surface area contributed by atoms with Gasteiger partial charge in [0.2, 0.25) is 0 Å². The van der Waals surface area contributed by atoms with Crippen LogP contribution < -0.4 is 10.9 Å². The Morgan fingerprint density at radius 2 is 1.47 bits per heavy atom. The van der Waals surface area contributed by atoms with Gasteiger partial charge in [0.05, 0.1) is 0 Å². The second kappa shape index (κ2) is 6.29. The molecular weight excluding hydrogens is 203 g/mol. The minimum atomic E-state index is 1.04. The zero-order valence-corrected chi connectivity index (χ0v) is 10.5. The highest BCUT2D eigenvalue weighted by Crippen LogP contribution is 2.02. The smallest absolute Gasteiger partial charge is 0.0786 e. The van der Waals surface area contributed by atoms with Crippen LogP contribution in [-0.4, -0.2) is 7.28 Å². The number of rotatable bonds is 5. The van der Waals surface area contributed by atoms with E-state index < -0.39 is 0 Å². The van der Waals surface area contributed by atoms with Crippen LogP contribution in [0.15, 0.2) is 54.6 Å². The summed E-state index contributed by atoms with van der Waals surface area (Å²) in [6.45, 7) is 2.24. The van der Waals surface area contributed by atoms with Gasteiger partial charge in [-0.2, -0.15) is 0 Å². The summed E-state index contributed by atoms with van der Waals surface area (Å²) in [5.41, 5.74) is 4.24. The predicted octanol–water partition coefficient (Wildman–Crippen LogP) is 2.42. The van der Waals surface area contributed by atoms with Gasteiger partial charge < -0.3 is 0 Å². The molecule has 0 nitrogen and oxygen atoms in total.